The summed E-state index contributed by atoms with van der Waals surface area (Å²) in [4.78, 5) is 26.8. The number of carboxylic acids is 1. The third-order valence-electron chi connectivity index (χ3n) is 3.57. The van der Waals surface area contributed by atoms with Crippen LogP contribution in [-0.2, 0) is 9.53 Å². The fourth-order valence-electron chi connectivity index (χ4n) is 2.49. The molecule has 122 valence electrons. The number of nitrogens with zero attached hydrogens (tertiary/aromatic N) is 2. The number of piperazine rings is 1. The summed E-state index contributed by atoms with van der Waals surface area (Å²) in [5, 5.41) is 8.83. The number of carbonyl (C=O) groups excluding carboxylic acids is 1. The monoisotopic (exact) mass is 300 g/mol. The van der Waals surface area contributed by atoms with Crippen molar-refractivity contribution in [2.75, 3.05) is 26.2 Å². The molecule has 0 aromatic heterocycles. The van der Waals surface area contributed by atoms with Crippen molar-refractivity contribution < 1.29 is 19.4 Å². The Bertz CT molecular complexity index is 376. The van der Waals surface area contributed by atoms with Crippen LogP contribution < -0.4 is 0 Å². The largest absolute Gasteiger partial charge is 0.481 e. The number of hydrogen-bond acceptors (Lipinski definition) is 4. The number of hydrogen-bond donors (Lipinski definition) is 1. The van der Waals surface area contributed by atoms with E-state index in [0.717, 1.165) is 0 Å². The Labute approximate surface area is 127 Å². The lowest BCUT2D eigenvalue weighted by atomic mass is 9.99. The van der Waals surface area contributed by atoms with Crippen molar-refractivity contribution in [3.8, 4) is 0 Å². The normalized spacial score (nSPS) is 20.7. The second-order valence-electron chi connectivity index (χ2n) is 6.92. The van der Waals surface area contributed by atoms with Gasteiger partial charge in [-0.05, 0) is 26.7 Å². The molecule has 0 aliphatic carbocycles. The van der Waals surface area contributed by atoms with Crippen LogP contribution >= 0.6 is 0 Å². The molecule has 1 fully saturated rings. The van der Waals surface area contributed by atoms with Gasteiger partial charge in [0.1, 0.15) is 5.60 Å². The summed E-state index contributed by atoms with van der Waals surface area (Å²) in [6, 6.07) is 0.172. The van der Waals surface area contributed by atoms with Crippen LogP contribution in [0.4, 0.5) is 4.79 Å². The van der Waals surface area contributed by atoms with E-state index in [4.69, 9.17) is 9.84 Å². The highest BCUT2D eigenvalue weighted by atomic mass is 16.6. The van der Waals surface area contributed by atoms with Crippen molar-refractivity contribution in [2.45, 2.75) is 52.7 Å². The van der Waals surface area contributed by atoms with E-state index in [1.165, 1.54) is 0 Å². The predicted molar refractivity (Wildman–Crippen MR) is 80.3 cm³/mol. The minimum Gasteiger partial charge on any atom is -0.481 e. The number of rotatable bonds is 4. The van der Waals surface area contributed by atoms with Crippen molar-refractivity contribution in [3.63, 3.8) is 0 Å². The maximum atomic E-state index is 12.1. The Morgan fingerprint density at radius 2 is 1.90 bits per heavy atom. The Balaban J connectivity index is 2.64. The smallest absolute Gasteiger partial charge is 0.410 e. The first kappa shape index (κ1) is 17.8. The molecule has 1 atom stereocenters. The second-order valence-corrected chi connectivity index (χ2v) is 6.92. The topological polar surface area (TPSA) is 70.1 Å². The molecule has 0 aromatic carbocycles. The molecule has 0 saturated carbocycles. The maximum absolute atomic E-state index is 12.1. The van der Waals surface area contributed by atoms with Gasteiger partial charge in [-0.15, -0.1) is 0 Å². The van der Waals surface area contributed by atoms with Gasteiger partial charge in [-0.1, -0.05) is 13.8 Å². The Kier molecular flexibility index (Phi) is 6.01. The van der Waals surface area contributed by atoms with E-state index in [9.17, 15) is 9.59 Å². The van der Waals surface area contributed by atoms with Crippen molar-refractivity contribution >= 4 is 12.1 Å². The summed E-state index contributed by atoms with van der Waals surface area (Å²) >= 11 is 0. The van der Waals surface area contributed by atoms with E-state index in [2.05, 4.69) is 18.7 Å². The van der Waals surface area contributed by atoms with Gasteiger partial charge in [-0.25, -0.2) is 4.79 Å². The third kappa shape index (κ3) is 5.91. The van der Waals surface area contributed by atoms with Gasteiger partial charge in [0.05, 0.1) is 6.42 Å². The number of carbonyl (C=O) groups is 2. The molecule has 0 spiro atoms. The van der Waals surface area contributed by atoms with Crippen LogP contribution in [0.25, 0.3) is 0 Å². The van der Waals surface area contributed by atoms with Gasteiger partial charge in [0.25, 0.3) is 0 Å². The van der Waals surface area contributed by atoms with Crippen LogP contribution in [0.5, 0.6) is 0 Å². The minimum absolute atomic E-state index is 0.135. The first-order chi connectivity index (χ1) is 9.60. The lowest BCUT2D eigenvalue weighted by molar-refractivity contribution is -0.137. The molecule has 1 aliphatic rings. The zero-order valence-corrected chi connectivity index (χ0v) is 13.8. The molecule has 1 heterocycles. The van der Waals surface area contributed by atoms with Gasteiger partial charge in [0, 0.05) is 32.2 Å². The van der Waals surface area contributed by atoms with Crippen LogP contribution in [-0.4, -0.2) is 64.8 Å². The van der Waals surface area contributed by atoms with Crippen LogP contribution in [0.15, 0.2) is 0 Å². The van der Waals surface area contributed by atoms with Crippen molar-refractivity contribution in [3.05, 3.63) is 0 Å². The van der Waals surface area contributed by atoms with E-state index < -0.39 is 11.6 Å². The molecule has 1 aliphatic heterocycles. The molecule has 1 amide bonds. The molecule has 0 radical (unpaired) electrons. The molecule has 0 bridgehead atoms. The highest BCUT2D eigenvalue weighted by molar-refractivity contribution is 5.68. The number of aliphatic carboxylic acids is 1. The van der Waals surface area contributed by atoms with Crippen molar-refractivity contribution in [1.82, 2.24) is 9.80 Å². The van der Waals surface area contributed by atoms with Gasteiger partial charge < -0.3 is 14.7 Å². The molecule has 1 unspecified atom stereocenters. The zero-order chi connectivity index (χ0) is 16.2. The summed E-state index contributed by atoms with van der Waals surface area (Å²) in [6.07, 6.45) is -0.151. The van der Waals surface area contributed by atoms with Crippen LogP contribution in [0.1, 0.15) is 41.0 Å². The highest BCUT2D eigenvalue weighted by Crippen LogP contribution is 2.19. The van der Waals surface area contributed by atoms with Gasteiger partial charge in [-0.3, -0.25) is 9.69 Å². The van der Waals surface area contributed by atoms with Gasteiger partial charge >= 0.3 is 12.1 Å². The van der Waals surface area contributed by atoms with E-state index in [-0.39, 0.29) is 18.6 Å². The van der Waals surface area contributed by atoms with E-state index in [1.807, 2.05) is 20.8 Å². The van der Waals surface area contributed by atoms with Gasteiger partial charge in [0.2, 0.25) is 0 Å². The highest BCUT2D eigenvalue weighted by Gasteiger charge is 2.33. The lowest BCUT2D eigenvalue weighted by Gasteiger charge is -2.43. The van der Waals surface area contributed by atoms with E-state index >= 15 is 0 Å². The standard InChI is InChI=1S/C15H28N2O4/c1-11(2)12-10-17(14(20)21-15(3,4)5)9-8-16(12)7-6-13(18)19/h11-12H,6-10H2,1-5H3,(H,18,19). The Morgan fingerprint density at radius 1 is 1.29 bits per heavy atom. The first-order valence-corrected chi connectivity index (χ1v) is 7.54. The average molecular weight is 300 g/mol. The fourth-order valence-corrected chi connectivity index (χ4v) is 2.49. The average Bonchev–Trinajstić information content (AvgIpc) is 2.33. The fraction of sp³-hybridized carbons (Fsp3) is 0.867. The van der Waals surface area contributed by atoms with E-state index in [0.29, 0.717) is 32.1 Å². The Morgan fingerprint density at radius 3 is 2.38 bits per heavy atom. The van der Waals surface area contributed by atoms with Crippen molar-refractivity contribution in [1.29, 1.82) is 0 Å². The molecular formula is C15H28N2O4. The molecule has 1 N–H and O–H groups in total. The summed E-state index contributed by atoms with van der Waals surface area (Å²) < 4.78 is 5.41. The number of carboxylic acid groups (broad SMARTS) is 1. The Hall–Kier alpha value is -1.30. The molecule has 1 rings (SSSR count). The molecule has 1 saturated heterocycles. The molecule has 6 nitrogen and oxygen atoms in total. The van der Waals surface area contributed by atoms with Crippen LogP contribution in [0, 0.1) is 5.92 Å². The quantitative estimate of drug-likeness (QED) is 0.860. The lowest BCUT2D eigenvalue weighted by Crippen LogP contribution is -2.57. The minimum atomic E-state index is -0.785. The summed E-state index contributed by atoms with van der Waals surface area (Å²) in [5.74, 6) is -0.434. The number of amides is 1. The third-order valence-corrected chi connectivity index (χ3v) is 3.57. The van der Waals surface area contributed by atoms with Crippen molar-refractivity contribution in [2.24, 2.45) is 5.92 Å². The summed E-state index contributed by atoms with van der Waals surface area (Å²) in [5.41, 5.74) is -0.495. The molecule has 0 aromatic rings. The van der Waals surface area contributed by atoms with Crippen LogP contribution in [0.3, 0.4) is 0 Å². The first-order valence-electron chi connectivity index (χ1n) is 7.54. The summed E-state index contributed by atoms with van der Waals surface area (Å²) in [6.45, 7) is 12.1. The zero-order valence-electron chi connectivity index (χ0n) is 13.8. The van der Waals surface area contributed by atoms with Crippen LogP contribution in [0.2, 0.25) is 0 Å². The number of ether oxygens (including phenoxy) is 1. The van der Waals surface area contributed by atoms with E-state index in [1.54, 1.807) is 4.90 Å². The van der Waals surface area contributed by atoms with Gasteiger partial charge in [-0.2, -0.15) is 0 Å². The summed E-state index contributed by atoms with van der Waals surface area (Å²) in [7, 11) is 0. The maximum Gasteiger partial charge on any atom is 0.410 e. The van der Waals surface area contributed by atoms with Gasteiger partial charge in [0.15, 0.2) is 0 Å². The second kappa shape index (κ2) is 7.11. The SMILES string of the molecule is CC(C)C1CN(C(=O)OC(C)(C)C)CCN1CCC(=O)O. The predicted octanol–water partition coefficient (Wildman–Crippen LogP) is 2.04. The molecule has 6 heteroatoms. The molecule has 21 heavy (non-hydrogen) atoms. The molecular weight excluding hydrogens is 272 g/mol.